The number of amides is 4. The number of carbonyl (C=O) groups excluding carboxylic acids is 4. The van der Waals surface area contributed by atoms with Crippen molar-refractivity contribution in [2.24, 2.45) is 11.7 Å². The Hall–Kier alpha value is -6.74. The number of primary amides is 1. The first-order valence-electron chi connectivity index (χ1n) is 22.7. The van der Waals surface area contributed by atoms with Gasteiger partial charge in [-0.3, -0.25) is 14.4 Å². The average Bonchev–Trinajstić information content (AvgIpc) is 3.99. The maximum atomic E-state index is 13.8. The van der Waals surface area contributed by atoms with Crippen molar-refractivity contribution in [2.75, 3.05) is 27.9 Å². The summed E-state index contributed by atoms with van der Waals surface area (Å²) in [5, 5.41) is 4.70. The summed E-state index contributed by atoms with van der Waals surface area (Å²) in [6, 6.07) is 23.4. The number of methoxy groups -OCH3 is 2. The molecule has 362 valence electrons. The largest absolute Gasteiger partial charge is 0.488 e. The van der Waals surface area contributed by atoms with Gasteiger partial charge in [-0.05, 0) is 77.6 Å². The summed E-state index contributed by atoms with van der Waals surface area (Å²) in [5.74, 6) is 2.55. The molecule has 0 aliphatic carbocycles. The van der Waals surface area contributed by atoms with Crippen LogP contribution in [0.25, 0.3) is 44.2 Å². The fourth-order valence-electron chi connectivity index (χ4n) is 7.52. The number of hydrogen-bond donors (Lipinski definition) is 4. The number of H-pyrrole nitrogens is 2. The van der Waals surface area contributed by atoms with E-state index in [1.165, 1.54) is 7.11 Å². The number of nitrogens with zero attached hydrogens (tertiary/aromatic N) is 4. The van der Waals surface area contributed by atoms with Crippen molar-refractivity contribution in [1.82, 2.24) is 35.1 Å². The topological polar surface area (TPSA) is 198 Å². The number of ether oxygens (including phenoxy) is 3. The molecule has 1 aliphatic heterocycles. The number of nitrogens with two attached hydrogens (primary N) is 1. The molecule has 4 aromatic carbocycles. The summed E-state index contributed by atoms with van der Waals surface area (Å²) in [6.45, 7) is 16.1. The zero-order valence-corrected chi connectivity index (χ0v) is 40.2. The number of benzene rings is 4. The Morgan fingerprint density at radius 1 is 0.910 bits per heavy atom. The van der Waals surface area contributed by atoms with E-state index in [-0.39, 0.29) is 31.8 Å². The lowest BCUT2D eigenvalue weighted by Gasteiger charge is -2.29. The lowest BCUT2D eigenvalue weighted by molar-refractivity contribution is -0.136. The van der Waals surface area contributed by atoms with E-state index in [2.05, 4.69) is 99.6 Å². The van der Waals surface area contributed by atoms with Gasteiger partial charge in [-0.1, -0.05) is 104 Å². The molecule has 0 spiro atoms. The van der Waals surface area contributed by atoms with E-state index >= 15 is 0 Å². The average molecular weight is 921 g/mol. The van der Waals surface area contributed by atoms with Crippen LogP contribution in [0.1, 0.15) is 110 Å². The molecule has 3 atom stereocenters. The third-order valence-corrected chi connectivity index (χ3v) is 11.3. The Kier molecular flexibility index (Phi) is 22.0. The van der Waals surface area contributed by atoms with E-state index in [1.807, 2.05) is 68.3 Å². The molecule has 0 saturated carbocycles. The SMILES string of the molecule is C.CC.CCCN(Cc1nc2c(ccc3cc4c(cc32)OCc2cc(-c3cnc(CN(C(=O)CC(C)CC)[C@@H](C)CC)[nH]3)ccc2-4)[nH]1)C(=O)C(NC=O)c1ccccc1.COC.COC(N)=O. The zero-order chi connectivity index (χ0) is 48.3. The summed E-state index contributed by atoms with van der Waals surface area (Å²) < 4.78 is 14.5. The summed E-state index contributed by atoms with van der Waals surface area (Å²) in [7, 11) is 4.47. The maximum Gasteiger partial charge on any atom is 0.404 e. The van der Waals surface area contributed by atoms with Crippen molar-refractivity contribution in [1.29, 1.82) is 0 Å². The second-order valence-corrected chi connectivity index (χ2v) is 15.9. The Morgan fingerprint density at radius 2 is 1.61 bits per heavy atom. The Morgan fingerprint density at radius 3 is 2.24 bits per heavy atom. The van der Waals surface area contributed by atoms with Crippen molar-refractivity contribution in [3.63, 3.8) is 0 Å². The van der Waals surface area contributed by atoms with Crippen LogP contribution < -0.4 is 15.8 Å². The van der Waals surface area contributed by atoms with Gasteiger partial charge in [0.25, 0.3) is 0 Å². The van der Waals surface area contributed by atoms with Gasteiger partial charge < -0.3 is 45.0 Å². The number of carbonyl (C=O) groups is 4. The van der Waals surface area contributed by atoms with Crippen molar-refractivity contribution in [3.8, 4) is 28.1 Å². The predicted molar refractivity (Wildman–Crippen MR) is 267 cm³/mol. The molecule has 0 bridgehead atoms. The number of fused-ring (bicyclic) bond motifs is 6. The number of rotatable bonds is 16. The monoisotopic (exact) mass is 921 g/mol. The third-order valence-electron chi connectivity index (χ3n) is 11.3. The highest BCUT2D eigenvalue weighted by Crippen LogP contribution is 2.42. The van der Waals surface area contributed by atoms with Crippen LogP contribution in [-0.2, 0) is 43.6 Å². The van der Waals surface area contributed by atoms with Gasteiger partial charge in [0.05, 0.1) is 43.1 Å². The van der Waals surface area contributed by atoms with Crippen molar-refractivity contribution >= 4 is 46.1 Å². The van der Waals surface area contributed by atoms with Crippen molar-refractivity contribution in [3.05, 3.63) is 102 Å². The smallest absolute Gasteiger partial charge is 0.404 e. The summed E-state index contributed by atoms with van der Waals surface area (Å²) in [5.41, 5.74) is 12.0. The van der Waals surface area contributed by atoms with Gasteiger partial charge >= 0.3 is 6.09 Å². The fraction of sp³-hybridized carbons (Fsp3) is 0.423. The molecule has 15 heteroatoms. The third kappa shape index (κ3) is 14.1. The molecule has 0 fully saturated rings. The van der Waals surface area contributed by atoms with Crippen LogP contribution in [0.4, 0.5) is 4.79 Å². The fourth-order valence-corrected chi connectivity index (χ4v) is 7.52. The highest BCUT2D eigenvalue weighted by Gasteiger charge is 2.27. The second kappa shape index (κ2) is 27.0. The first-order chi connectivity index (χ1) is 31.9. The molecule has 2 aromatic heterocycles. The first kappa shape index (κ1) is 54.6. The summed E-state index contributed by atoms with van der Waals surface area (Å²) in [4.78, 5) is 68.1. The minimum atomic E-state index is -0.786. The van der Waals surface area contributed by atoms with Gasteiger partial charge in [-0.25, -0.2) is 14.8 Å². The van der Waals surface area contributed by atoms with E-state index in [0.29, 0.717) is 44.3 Å². The quantitative estimate of drug-likeness (QED) is 0.0683. The second-order valence-electron chi connectivity index (χ2n) is 15.9. The zero-order valence-electron chi connectivity index (χ0n) is 40.2. The van der Waals surface area contributed by atoms with E-state index < -0.39 is 12.1 Å². The Labute approximate surface area is 396 Å². The van der Waals surface area contributed by atoms with Crippen LogP contribution in [0.15, 0.2) is 79.0 Å². The highest BCUT2D eigenvalue weighted by molar-refractivity contribution is 6.07. The predicted octanol–water partition coefficient (Wildman–Crippen LogP) is 10.1. The molecule has 67 heavy (non-hydrogen) atoms. The van der Waals surface area contributed by atoms with Gasteiger partial charge in [0.2, 0.25) is 18.2 Å². The molecule has 5 N–H and O–H groups in total. The lowest BCUT2D eigenvalue weighted by atomic mass is 9.92. The van der Waals surface area contributed by atoms with Crippen LogP contribution in [0.2, 0.25) is 0 Å². The molecular weight excluding hydrogens is 849 g/mol. The normalized spacial score (nSPS) is 12.3. The number of imidazole rings is 2. The van der Waals surface area contributed by atoms with Crippen molar-refractivity contribution < 1.29 is 33.4 Å². The highest BCUT2D eigenvalue weighted by atomic mass is 16.5. The number of hydrogen-bond acceptors (Lipinski definition) is 9. The Balaban J connectivity index is 0.000000991. The summed E-state index contributed by atoms with van der Waals surface area (Å²) in [6.07, 6.45) is 4.83. The molecule has 0 radical (unpaired) electrons. The minimum absolute atomic E-state index is 0. The lowest BCUT2D eigenvalue weighted by Crippen LogP contribution is -2.40. The van der Waals surface area contributed by atoms with Crippen LogP contribution in [0, 0.1) is 5.92 Å². The van der Waals surface area contributed by atoms with Gasteiger partial charge in [0, 0.05) is 44.2 Å². The molecule has 0 saturated heterocycles. The number of nitrogens with one attached hydrogen (secondary N) is 3. The molecule has 1 aliphatic rings. The Bertz CT molecular complexity index is 2500. The van der Waals surface area contributed by atoms with Gasteiger partial charge in [-0.2, -0.15) is 0 Å². The molecular formula is C52H72N8O7. The van der Waals surface area contributed by atoms with Crippen LogP contribution in [0.3, 0.4) is 0 Å². The van der Waals surface area contributed by atoms with Crippen molar-refractivity contribution in [2.45, 2.75) is 113 Å². The number of aromatic amines is 2. The van der Waals surface area contributed by atoms with Gasteiger partial charge in [0.15, 0.2) is 0 Å². The standard InChI is InChI=1S/C45H51N7O4.C2H5NO2.C2H6O.C2H6.CH4/c1-6-18-51(45(55)43(47-27-53)30-12-10-9-11-13-30)24-41-48-37-17-15-31-21-36-34-16-14-32(20-33(34)26-56-39(36)22-35(31)44(37)50-41)38-23-46-40(49-38)25-52(29(5)8-3)42(54)19-28(4)7-2;1-5-2(3)4;1-3-2;1-2;/h9-17,20-23,27-29,43H,6-8,18-19,24-26H2,1-5H3,(H,46,49)(H,47,53)(H,48,50);1H3,(H2,3,4);1-2H3;1-2H3;1H4/t28?,29-,43?;;;;/m0..../s1. The summed E-state index contributed by atoms with van der Waals surface area (Å²) >= 11 is 0. The molecule has 7 rings (SSSR count). The van der Waals surface area contributed by atoms with E-state index in [0.717, 1.165) is 86.2 Å². The molecule has 4 amide bonds. The van der Waals surface area contributed by atoms with Crippen LogP contribution in [0.5, 0.6) is 5.75 Å². The molecule has 2 unspecified atom stereocenters. The first-order valence-corrected chi connectivity index (χ1v) is 22.7. The van der Waals surface area contributed by atoms with E-state index in [9.17, 15) is 19.2 Å². The van der Waals surface area contributed by atoms with Crippen LogP contribution in [-0.4, -0.2) is 88.0 Å². The maximum absolute atomic E-state index is 13.8. The van der Waals surface area contributed by atoms with E-state index in [1.54, 1.807) is 19.1 Å². The van der Waals surface area contributed by atoms with E-state index in [4.69, 9.17) is 9.72 Å². The van der Waals surface area contributed by atoms with Crippen LogP contribution >= 0.6 is 0 Å². The molecule has 3 heterocycles. The molecule has 15 nitrogen and oxygen atoms in total. The molecule has 6 aromatic rings. The van der Waals surface area contributed by atoms with Gasteiger partial charge in [0.1, 0.15) is 30.0 Å². The van der Waals surface area contributed by atoms with Gasteiger partial charge in [-0.15, -0.1) is 0 Å². The minimum Gasteiger partial charge on any atom is -0.488 e. The number of aromatic nitrogens is 4.